The van der Waals surface area contributed by atoms with Crippen molar-refractivity contribution in [2.45, 2.75) is 70.0 Å². The topological polar surface area (TPSA) is 15.3 Å². The van der Waals surface area contributed by atoms with E-state index in [0.717, 1.165) is 18.1 Å². The van der Waals surface area contributed by atoms with Crippen molar-refractivity contribution in [1.29, 1.82) is 0 Å². The predicted octanol–water partition coefficient (Wildman–Crippen LogP) is 2.39. The molecule has 1 heterocycles. The largest absolute Gasteiger partial charge is 0.310 e. The smallest absolute Gasteiger partial charge is 0.0212 e. The summed E-state index contributed by atoms with van der Waals surface area (Å²) in [5, 5.41) is 3.88. The molecule has 1 aliphatic heterocycles. The van der Waals surface area contributed by atoms with Gasteiger partial charge < -0.3 is 10.2 Å². The number of likely N-dealkylation sites (N-methyl/N-ethyl adjacent to an activating group) is 1. The van der Waals surface area contributed by atoms with Crippen molar-refractivity contribution in [3.63, 3.8) is 0 Å². The lowest BCUT2D eigenvalue weighted by molar-refractivity contribution is 0.322. The van der Waals surface area contributed by atoms with Gasteiger partial charge in [0.25, 0.3) is 0 Å². The summed E-state index contributed by atoms with van der Waals surface area (Å²) in [4.78, 5) is 2.48. The molecule has 2 nitrogen and oxygen atoms in total. The third-order valence-corrected chi connectivity index (χ3v) is 4.21. The molecule has 2 rings (SSSR count). The Labute approximate surface area is 94.4 Å². The van der Waals surface area contributed by atoms with E-state index < -0.39 is 0 Å². The van der Waals surface area contributed by atoms with E-state index in [1.54, 1.807) is 0 Å². The van der Waals surface area contributed by atoms with E-state index >= 15 is 0 Å². The van der Waals surface area contributed by atoms with Gasteiger partial charge in [-0.25, -0.2) is 0 Å². The van der Waals surface area contributed by atoms with Gasteiger partial charge in [-0.15, -0.1) is 0 Å². The number of likely N-dealkylation sites (tertiary alicyclic amines) is 1. The van der Waals surface area contributed by atoms with Gasteiger partial charge in [0, 0.05) is 24.7 Å². The summed E-state index contributed by atoms with van der Waals surface area (Å²) >= 11 is 0. The van der Waals surface area contributed by atoms with Crippen molar-refractivity contribution in [2.75, 3.05) is 13.6 Å². The molecule has 0 spiro atoms. The maximum Gasteiger partial charge on any atom is 0.0212 e. The molecule has 2 atom stereocenters. The van der Waals surface area contributed by atoms with Crippen LogP contribution in [0.2, 0.25) is 0 Å². The van der Waals surface area contributed by atoms with E-state index in [2.05, 4.69) is 24.2 Å². The second-order valence-electron chi connectivity index (χ2n) is 5.58. The Balaban J connectivity index is 1.76. The molecule has 2 unspecified atom stereocenters. The number of rotatable bonds is 2. The second kappa shape index (κ2) is 5.31. The van der Waals surface area contributed by atoms with Crippen LogP contribution in [0.5, 0.6) is 0 Å². The predicted molar refractivity (Wildman–Crippen MR) is 65.1 cm³/mol. The first-order valence-electron chi connectivity index (χ1n) is 6.72. The van der Waals surface area contributed by atoms with E-state index in [-0.39, 0.29) is 0 Å². The zero-order valence-electron chi connectivity index (χ0n) is 10.3. The van der Waals surface area contributed by atoms with E-state index in [9.17, 15) is 0 Å². The summed E-state index contributed by atoms with van der Waals surface area (Å²) in [6, 6.07) is 2.34. The minimum atomic E-state index is 0.757. The van der Waals surface area contributed by atoms with Gasteiger partial charge in [-0.1, -0.05) is 25.7 Å². The molecule has 0 radical (unpaired) electrons. The van der Waals surface area contributed by atoms with Gasteiger partial charge in [0.2, 0.25) is 0 Å². The van der Waals surface area contributed by atoms with Gasteiger partial charge >= 0.3 is 0 Å². The fourth-order valence-electron chi connectivity index (χ4n) is 3.09. The number of nitrogens with one attached hydrogen (secondary N) is 1. The molecule has 0 amide bonds. The molecule has 1 N–H and O–H groups in total. The van der Waals surface area contributed by atoms with Crippen LogP contribution in [0.1, 0.15) is 51.9 Å². The fraction of sp³-hybridized carbons (Fsp3) is 1.00. The quantitative estimate of drug-likeness (QED) is 0.704. The van der Waals surface area contributed by atoms with Crippen LogP contribution in [-0.4, -0.2) is 36.6 Å². The first-order valence-corrected chi connectivity index (χ1v) is 6.72. The van der Waals surface area contributed by atoms with Gasteiger partial charge in [-0.2, -0.15) is 0 Å². The second-order valence-corrected chi connectivity index (χ2v) is 5.58. The summed E-state index contributed by atoms with van der Waals surface area (Å²) in [6.07, 6.45) is 9.96. The van der Waals surface area contributed by atoms with Crippen LogP contribution in [0.3, 0.4) is 0 Å². The standard InChI is InChI=1S/C13H26N2/c1-11-9-13(10-15(11)2)14-12-7-5-3-4-6-8-12/h11-14H,3-10H2,1-2H3. The highest BCUT2D eigenvalue weighted by Crippen LogP contribution is 2.21. The van der Waals surface area contributed by atoms with Crippen LogP contribution in [0, 0.1) is 0 Å². The maximum atomic E-state index is 3.88. The van der Waals surface area contributed by atoms with Crippen LogP contribution in [0.25, 0.3) is 0 Å². The summed E-state index contributed by atoms with van der Waals surface area (Å²) in [7, 11) is 2.25. The third-order valence-electron chi connectivity index (χ3n) is 4.21. The van der Waals surface area contributed by atoms with E-state index in [1.807, 2.05) is 0 Å². The summed E-state index contributed by atoms with van der Waals surface area (Å²) in [6.45, 7) is 3.59. The van der Waals surface area contributed by atoms with Gasteiger partial charge in [0.15, 0.2) is 0 Å². The van der Waals surface area contributed by atoms with E-state index in [4.69, 9.17) is 0 Å². The molecule has 2 heteroatoms. The molecule has 0 bridgehead atoms. The first-order chi connectivity index (χ1) is 7.25. The van der Waals surface area contributed by atoms with Crippen LogP contribution in [-0.2, 0) is 0 Å². The molecular formula is C13H26N2. The highest BCUT2D eigenvalue weighted by atomic mass is 15.2. The molecule has 2 aliphatic rings. The van der Waals surface area contributed by atoms with Crippen molar-refractivity contribution >= 4 is 0 Å². The lowest BCUT2D eigenvalue weighted by Crippen LogP contribution is -2.39. The lowest BCUT2D eigenvalue weighted by Gasteiger charge is -2.21. The highest BCUT2D eigenvalue weighted by molar-refractivity contribution is 4.87. The highest BCUT2D eigenvalue weighted by Gasteiger charge is 2.27. The SMILES string of the molecule is CC1CC(NC2CCCCCC2)CN1C. The molecule has 2 fully saturated rings. The van der Waals surface area contributed by atoms with Crippen molar-refractivity contribution in [3.8, 4) is 0 Å². The average molecular weight is 210 g/mol. The Morgan fingerprint density at radius 2 is 1.67 bits per heavy atom. The third kappa shape index (κ3) is 3.18. The summed E-state index contributed by atoms with van der Waals surface area (Å²) in [5.41, 5.74) is 0. The maximum absolute atomic E-state index is 3.88. The average Bonchev–Trinajstić information content (AvgIpc) is 2.45. The van der Waals surface area contributed by atoms with E-state index in [0.29, 0.717) is 0 Å². The fourth-order valence-corrected chi connectivity index (χ4v) is 3.09. The minimum absolute atomic E-state index is 0.757. The van der Waals surface area contributed by atoms with Crippen molar-refractivity contribution in [2.24, 2.45) is 0 Å². The Morgan fingerprint density at radius 3 is 2.20 bits per heavy atom. The summed E-state index contributed by atoms with van der Waals surface area (Å²) in [5.74, 6) is 0. The van der Waals surface area contributed by atoms with Crippen LogP contribution in [0.15, 0.2) is 0 Å². The molecular weight excluding hydrogens is 184 g/mol. The van der Waals surface area contributed by atoms with Crippen molar-refractivity contribution < 1.29 is 0 Å². The van der Waals surface area contributed by atoms with Gasteiger partial charge in [0.1, 0.15) is 0 Å². The molecule has 1 saturated carbocycles. The van der Waals surface area contributed by atoms with Crippen molar-refractivity contribution in [1.82, 2.24) is 10.2 Å². The number of nitrogens with zero attached hydrogens (tertiary/aromatic N) is 1. The zero-order chi connectivity index (χ0) is 10.7. The number of hydrogen-bond donors (Lipinski definition) is 1. The molecule has 88 valence electrons. The van der Waals surface area contributed by atoms with Crippen LogP contribution >= 0.6 is 0 Å². The molecule has 1 saturated heterocycles. The lowest BCUT2D eigenvalue weighted by atomic mass is 10.1. The molecule has 0 aromatic heterocycles. The first kappa shape index (κ1) is 11.4. The molecule has 0 aromatic rings. The molecule has 0 aromatic carbocycles. The summed E-state index contributed by atoms with van der Waals surface area (Å²) < 4.78 is 0. The van der Waals surface area contributed by atoms with Crippen LogP contribution in [0.4, 0.5) is 0 Å². The number of hydrogen-bond acceptors (Lipinski definition) is 2. The minimum Gasteiger partial charge on any atom is -0.310 e. The Kier molecular flexibility index (Phi) is 4.04. The van der Waals surface area contributed by atoms with Crippen LogP contribution < -0.4 is 5.32 Å². The van der Waals surface area contributed by atoms with Crippen molar-refractivity contribution in [3.05, 3.63) is 0 Å². The zero-order valence-corrected chi connectivity index (χ0v) is 10.3. The molecule has 15 heavy (non-hydrogen) atoms. The normalized spacial score (nSPS) is 35.6. The van der Waals surface area contributed by atoms with Gasteiger partial charge in [-0.3, -0.25) is 0 Å². The Morgan fingerprint density at radius 1 is 1.00 bits per heavy atom. The Bertz CT molecular complexity index is 175. The molecule has 1 aliphatic carbocycles. The van der Waals surface area contributed by atoms with Gasteiger partial charge in [-0.05, 0) is 33.2 Å². The van der Waals surface area contributed by atoms with Gasteiger partial charge in [0.05, 0.1) is 0 Å². The Hall–Kier alpha value is -0.0800. The monoisotopic (exact) mass is 210 g/mol. The van der Waals surface area contributed by atoms with E-state index in [1.165, 1.54) is 51.5 Å².